The average Bonchev–Trinajstić information content (AvgIpc) is 2.64. The Morgan fingerprint density at radius 3 is 2.33 bits per heavy atom. The molecule has 2 aliphatic rings. The van der Waals surface area contributed by atoms with Gasteiger partial charge < -0.3 is 19.0 Å². The Hall–Kier alpha value is -0.204. The van der Waals surface area contributed by atoms with Gasteiger partial charge in [-0.1, -0.05) is 0 Å². The maximum absolute atomic E-state index is 11.8. The third kappa shape index (κ3) is 3.12. The van der Waals surface area contributed by atoms with Gasteiger partial charge in [-0.15, -0.1) is 0 Å². The number of hydrogen-bond donors (Lipinski definition) is 0. The monoisotopic (exact) mass is 399 g/mol. The number of ether oxygens (including phenoxy) is 1. The number of hydrogen-bond acceptors (Lipinski definition) is 2. The van der Waals surface area contributed by atoms with E-state index in [1.54, 1.807) is 0 Å². The second-order valence-corrected chi connectivity index (χ2v) is 3.88. The van der Waals surface area contributed by atoms with Crippen LogP contribution in [-0.2, 0) is 29.3 Å². The maximum Gasteiger partial charge on any atom is 1.00 e. The molecule has 0 amide bonds. The summed E-state index contributed by atoms with van der Waals surface area (Å²) in [6.45, 7) is 0. The molecule has 1 radical (unpaired) electrons. The summed E-state index contributed by atoms with van der Waals surface area (Å²) in [6.07, 6.45) is 1.54. The van der Waals surface area contributed by atoms with Crippen LogP contribution in [0.4, 0.5) is 8.78 Å². The number of halogens is 2. The molecule has 3 unspecified atom stereocenters. The van der Waals surface area contributed by atoms with E-state index in [1.807, 2.05) is 0 Å². The molecule has 2 rings (SSSR count). The van der Waals surface area contributed by atoms with Crippen LogP contribution < -0.4 is 0 Å². The minimum atomic E-state index is -2.23. The minimum Gasteiger partial charge on any atom is -0.480 e. The topological polar surface area (TPSA) is 57.8 Å². The van der Waals surface area contributed by atoms with Crippen molar-refractivity contribution >= 4 is 5.97 Å². The van der Waals surface area contributed by atoms with Gasteiger partial charge in [0.2, 0.25) is 5.97 Å². The van der Waals surface area contributed by atoms with Gasteiger partial charge in [0, 0.05) is 6.43 Å². The van der Waals surface area contributed by atoms with Gasteiger partial charge in [-0.2, -0.15) is 0 Å². The Kier molecular flexibility index (Phi) is 5.69. The second kappa shape index (κ2) is 5.76. The molecule has 2 aliphatic carbocycles. The third-order valence-corrected chi connectivity index (χ3v) is 3.09. The summed E-state index contributed by atoms with van der Waals surface area (Å²) < 4.78 is 28.2. The summed E-state index contributed by atoms with van der Waals surface area (Å²) in [5.74, 6) is -0.490. The van der Waals surface area contributed by atoms with Crippen molar-refractivity contribution < 1.29 is 43.6 Å². The predicted octanol–water partition coefficient (Wildman–Crippen LogP) is 1.32. The fourth-order valence-electron chi connectivity index (χ4n) is 2.51. The van der Waals surface area contributed by atoms with Crippen LogP contribution in [0.5, 0.6) is 0 Å². The number of esters is 1. The number of fused-ring (bicyclic) bond motifs is 2. The van der Waals surface area contributed by atoms with Crippen LogP contribution >= 0.6 is 0 Å². The van der Waals surface area contributed by atoms with Crippen LogP contribution in [0.1, 0.15) is 25.7 Å². The van der Waals surface area contributed by atoms with Gasteiger partial charge >= 0.3 is 19.8 Å². The van der Waals surface area contributed by atoms with E-state index in [2.05, 4.69) is 4.74 Å². The third-order valence-electron chi connectivity index (χ3n) is 3.09. The molecule has 89 valence electrons. The number of rotatable bonds is 2. The Morgan fingerprint density at radius 1 is 1.27 bits per heavy atom. The van der Waals surface area contributed by atoms with Gasteiger partial charge in [-0.05, 0) is 37.5 Å². The molecule has 3 atom stereocenters. The summed E-state index contributed by atoms with van der Waals surface area (Å²) >= 11 is 0. The van der Waals surface area contributed by atoms with E-state index in [-0.39, 0.29) is 31.4 Å². The molecule has 15 heavy (non-hydrogen) atoms. The first-order valence-electron chi connectivity index (χ1n) is 4.55. The summed E-state index contributed by atoms with van der Waals surface area (Å²) in [4.78, 5) is 10.6. The normalized spacial score (nSPS) is 31.5. The molecule has 0 spiro atoms. The van der Waals surface area contributed by atoms with Crippen LogP contribution in [0, 0.1) is 18.3 Å². The summed E-state index contributed by atoms with van der Waals surface area (Å²) in [6, 6.07) is 0. The molecule has 0 aromatic heterocycles. The Balaban J connectivity index is 0.000000980. The van der Waals surface area contributed by atoms with Gasteiger partial charge in [-0.25, -0.2) is 0 Å². The summed E-state index contributed by atoms with van der Waals surface area (Å²) in [5.41, 5.74) is 0. The zero-order valence-electron chi connectivity index (χ0n) is 7.99. The molecule has 2 fully saturated rings. The van der Waals surface area contributed by atoms with E-state index in [9.17, 15) is 13.6 Å². The molecule has 0 aromatic rings. The van der Waals surface area contributed by atoms with Crippen LogP contribution in [0.25, 0.3) is 0 Å². The first-order valence-corrected chi connectivity index (χ1v) is 4.55. The van der Waals surface area contributed by atoms with E-state index in [0.717, 1.165) is 19.3 Å². The van der Waals surface area contributed by atoms with Crippen molar-refractivity contribution in [3.63, 3.8) is 0 Å². The van der Waals surface area contributed by atoms with Gasteiger partial charge in [0.05, 0.1) is 0 Å². The number of carbonyl (C=O) groups excluding carboxylic acids is 1. The molecule has 0 heterocycles. The second-order valence-electron chi connectivity index (χ2n) is 3.88. The Morgan fingerprint density at radius 2 is 1.93 bits per heavy atom. The van der Waals surface area contributed by atoms with Crippen molar-refractivity contribution in [3.8, 4) is 0 Å². The Bertz CT molecular complexity index is 225. The van der Waals surface area contributed by atoms with E-state index in [1.165, 1.54) is 6.42 Å². The molecule has 6 heteroatoms. The summed E-state index contributed by atoms with van der Waals surface area (Å²) in [5, 5.41) is 0. The zero-order valence-corrected chi connectivity index (χ0v) is 10.5. The van der Waals surface area contributed by atoms with Gasteiger partial charge in [0.1, 0.15) is 6.10 Å². The first kappa shape index (κ1) is 14.8. The van der Waals surface area contributed by atoms with Crippen LogP contribution in [0.3, 0.4) is 0 Å². The van der Waals surface area contributed by atoms with Crippen molar-refractivity contribution in [2.75, 3.05) is 0 Å². The smallest absolute Gasteiger partial charge is 0.480 e. The van der Waals surface area contributed by atoms with Crippen molar-refractivity contribution in [1.29, 1.82) is 0 Å². The standard InChI is InChI=1S/C9H11F2O2.H2O.Os/c10-8(11)9(12)13-7-4-5-1-2-6(7)3-5;;/h5-7H,1-4H2;1H2;/q-1;;+1. The molecule has 2 N–H and O–H groups in total. The summed E-state index contributed by atoms with van der Waals surface area (Å²) in [7, 11) is 0. The maximum atomic E-state index is 11.8. The molecule has 2 saturated carbocycles. The molecule has 2 bridgehead atoms. The van der Waals surface area contributed by atoms with Gasteiger partial charge in [0.15, 0.2) is 0 Å². The molecule has 0 saturated heterocycles. The largest absolute Gasteiger partial charge is 1.00 e. The molecular weight excluding hydrogens is 384 g/mol. The molecular formula is C9H13F2O3Os. The van der Waals surface area contributed by atoms with Crippen LogP contribution in [0.15, 0.2) is 0 Å². The SMILES string of the molecule is O.O=C(OC1CC2CCC1C2)[C-](F)F.[Os+]. The van der Waals surface area contributed by atoms with E-state index in [0.29, 0.717) is 11.8 Å². The van der Waals surface area contributed by atoms with Crippen LogP contribution in [-0.4, -0.2) is 17.5 Å². The zero-order chi connectivity index (χ0) is 9.42. The first-order chi connectivity index (χ1) is 6.16. The predicted molar refractivity (Wildman–Crippen MR) is 44.4 cm³/mol. The fraction of sp³-hybridized carbons (Fsp3) is 0.778. The molecule has 3 nitrogen and oxygen atoms in total. The molecule has 0 aliphatic heterocycles. The average molecular weight is 397 g/mol. The Labute approximate surface area is 99.9 Å². The molecule has 0 aromatic carbocycles. The van der Waals surface area contributed by atoms with Crippen molar-refractivity contribution in [3.05, 3.63) is 6.43 Å². The van der Waals surface area contributed by atoms with Gasteiger partial charge in [-0.3, -0.25) is 4.79 Å². The van der Waals surface area contributed by atoms with Crippen molar-refractivity contribution in [2.24, 2.45) is 11.8 Å². The van der Waals surface area contributed by atoms with Crippen molar-refractivity contribution in [2.45, 2.75) is 31.8 Å². The van der Waals surface area contributed by atoms with Crippen molar-refractivity contribution in [1.82, 2.24) is 0 Å². The number of carbonyl (C=O) groups is 1. The quantitative estimate of drug-likeness (QED) is 0.521. The van der Waals surface area contributed by atoms with Crippen LogP contribution in [0.2, 0.25) is 0 Å². The van der Waals surface area contributed by atoms with Gasteiger partial charge in [0.25, 0.3) is 0 Å². The minimum absolute atomic E-state index is 0. The fourth-order valence-corrected chi connectivity index (χ4v) is 2.51. The van der Waals surface area contributed by atoms with E-state index < -0.39 is 12.4 Å². The van der Waals surface area contributed by atoms with E-state index in [4.69, 9.17) is 0 Å². The van der Waals surface area contributed by atoms with E-state index >= 15 is 0 Å².